The molecule has 2 amide bonds. The number of β-amino-alcohol motifs (C(OH)–C–C–N with tert-alkyl or cyclic N) is 1. The maximum absolute atomic E-state index is 13.3. The third-order valence-electron chi connectivity index (χ3n) is 5.77. The van der Waals surface area contributed by atoms with Crippen molar-refractivity contribution in [3.05, 3.63) is 35.0 Å². The summed E-state index contributed by atoms with van der Waals surface area (Å²) in [5.74, 6) is 0. The monoisotopic (exact) mass is 456 g/mol. The number of amides is 2. The van der Waals surface area contributed by atoms with E-state index in [2.05, 4.69) is 15.6 Å². The zero-order valence-electron chi connectivity index (χ0n) is 17.0. The van der Waals surface area contributed by atoms with Crippen LogP contribution in [-0.2, 0) is 6.18 Å². The molecule has 31 heavy (non-hydrogen) atoms. The number of nitrogens with one attached hydrogen (secondary N) is 2. The number of halogens is 4. The highest BCUT2D eigenvalue weighted by atomic mass is 35.5. The molecule has 1 saturated heterocycles. The molecule has 4 rings (SSSR count). The molecule has 1 aliphatic heterocycles. The van der Waals surface area contributed by atoms with E-state index in [9.17, 15) is 23.1 Å². The quantitative estimate of drug-likeness (QED) is 0.639. The normalized spacial score (nSPS) is 23.4. The van der Waals surface area contributed by atoms with Crippen molar-refractivity contribution in [3.63, 3.8) is 0 Å². The minimum absolute atomic E-state index is 0.0944. The number of alkyl halides is 3. The Kier molecular flexibility index (Phi) is 5.68. The number of fused-ring (bicyclic) bond motifs is 1. The Bertz CT molecular complexity index is 990. The van der Waals surface area contributed by atoms with Gasteiger partial charge >= 0.3 is 12.2 Å². The van der Waals surface area contributed by atoms with Crippen LogP contribution in [0.2, 0.25) is 5.02 Å². The summed E-state index contributed by atoms with van der Waals surface area (Å²) >= 11 is 6.06. The second-order valence-electron chi connectivity index (χ2n) is 8.72. The van der Waals surface area contributed by atoms with Gasteiger partial charge in [0.15, 0.2) is 0 Å². The van der Waals surface area contributed by atoms with E-state index in [1.165, 1.54) is 12.1 Å². The van der Waals surface area contributed by atoms with E-state index in [-0.39, 0.29) is 36.7 Å². The molecular formula is C21H24ClF3N4O2. The summed E-state index contributed by atoms with van der Waals surface area (Å²) in [5, 5.41) is 17.0. The smallest absolute Gasteiger partial charge is 0.386 e. The van der Waals surface area contributed by atoms with Crippen molar-refractivity contribution in [2.24, 2.45) is 0 Å². The number of hydrogen-bond acceptors (Lipinski definition) is 4. The minimum atomic E-state index is -4.56. The summed E-state index contributed by atoms with van der Waals surface area (Å²) in [4.78, 5) is 17.6. The fraction of sp³-hybridized carbons (Fsp3) is 0.524. The number of likely N-dealkylation sites (tertiary alicyclic amines) is 1. The molecule has 10 heteroatoms. The van der Waals surface area contributed by atoms with E-state index in [4.69, 9.17) is 11.6 Å². The first-order chi connectivity index (χ1) is 14.5. The zero-order chi connectivity index (χ0) is 22.4. The van der Waals surface area contributed by atoms with Gasteiger partial charge in [0.2, 0.25) is 0 Å². The standard InChI is InChI=1S/C21H24ClF3N4O2/c1-20(31)10-29(11-20)19(30)27-14-4-2-3-13(8-14)26-17-9-18(21(23,24)25)28-16-6-5-12(22)7-15(16)17/h5-7,9,13-14,31H,2-4,8,10-11H2,1H3,(H,26,28)(H,27,30)/t13-,14+/m0/s1. The summed E-state index contributed by atoms with van der Waals surface area (Å²) in [7, 11) is 0. The third kappa shape index (κ3) is 4.98. The van der Waals surface area contributed by atoms with Gasteiger partial charge in [0.25, 0.3) is 0 Å². The Hall–Kier alpha value is -2.26. The predicted molar refractivity (Wildman–Crippen MR) is 112 cm³/mol. The number of pyridine rings is 1. The molecule has 2 fully saturated rings. The highest BCUT2D eigenvalue weighted by molar-refractivity contribution is 6.31. The van der Waals surface area contributed by atoms with Gasteiger partial charge in [0, 0.05) is 28.2 Å². The van der Waals surface area contributed by atoms with Crippen LogP contribution in [0, 0.1) is 0 Å². The van der Waals surface area contributed by atoms with Crippen molar-refractivity contribution in [3.8, 4) is 0 Å². The molecule has 2 aromatic rings. The van der Waals surface area contributed by atoms with Gasteiger partial charge in [-0.1, -0.05) is 11.6 Å². The summed E-state index contributed by atoms with van der Waals surface area (Å²) in [6.45, 7) is 2.26. The number of aliphatic hydroxyl groups is 1. The van der Waals surface area contributed by atoms with E-state index in [1.807, 2.05) is 0 Å². The van der Waals surface area contributed by atoms with Gasteiger partial charge in [-0.2, -0.15) is 13.2 Å². The van der Waals surface area contributed by atoms with Crippen LogP contribution in [0.15, 0.2) is 24.3 Å². The van der Waals surface area contributed by atoms with Crippen molar-refractivity contribution >= 4 is 34.2 Å². The Labute approximate surface area is 182 Å². The number of hydrogen-bond donors (Lipinski definition) is 3. The minimum Gasteiger partial charge on any atom is -0.386 e. The van der Waals surface area contributed by atoms with Crippen molar-refractivity contribution in [1.82, 2.24) is 15.2 Å². The average Bonchev–Trinajstić information content (AvgIpc) is 2.65. The number of anilines is 1. The van der Waals surface area contributed by atoms with Gasteiger partial charge in [-0.05, 0) is 56.9 Å². The fourth-order valence-corrected chi connectivity index (χ4v) is 4.49. The first kappa shape index (κ1) is 22.0. The molecule has 0 spiro atoms. The SMILES string of the molecule is CC1(O)CN(C(=O)N[C@@H]2CCC[C@H](Nc3cc(C(F)(F)F)nc4ccc(Cl)cc34)C2)C1. The summed E-state index contributed by atoms with van der Waals surface area (Å²) < 4.78 is 40.0. The zero-order valence-corrected chi connectivity index (χ0v) is 17.7. The molecule has 2 atom stereocenters. The lowest BCUT2D eigenvalue weighted by molar-refractivity contribution is -0.140. The van der Waals surface area contributed by atoms with E-state index in [1.54, 1.807) is 17.9 Å². The molecule has 0 bridgehead atoms. The molecule has 2 aliphatic rings. The lowest BCUT2D eigenvalue weighted by Crippen LogP contribution is -2.64. The molecule has 6 nitrogen and oxygen atoms in total. The Balaban J connectivity index is 1.49. The summed E-state index contributed by atoms with van der Waals surface area (Å²) in [6.07, 6.45) is -1.58. The Morgan fingerprint density at radius 3 is 2.65 bits per heavy atom. The van der Waals surface area contributed by atoms with Gasteiger partial charge in [-0.3, -0.25) is 0 Å². The van der Waals surface area contributed by atoms with Crippen LogP contribution in [0.4, 0.5) is 23.7 Å². The van der Waals surface area contributed by atoms with Crippen molar-refractivity contribution in [2.45, 2.75) is 56.5 Å². The molecule has 2 heterocycles. The first-order valence-corrected chi connectivity index (χ1v) is 10.6. The maximum Gasteiger partial charge on any atom is 0.433 e. The lowest BCUT2D eigenvalue weighted by atomic mass is 9.90. The number of nitrogens with zero attached hydrogens (tertiary/aromatic N) is 2. The Morgan fingerprint density at radius 1 is 1.26 bits per heavy atom. The second-order valence-corrected chi connectivity index (χ2v) is 9.16. The van der Waals surface area contributed by atoms with E-state index in [0.717, 1.165) is 25.3 Å². The maximum atomic E-state index is 13.3. The fourth-order valence-electron chi connectivity index (χ4n) is 4.32. The summed E-state index contributed by atoms with van der Waals surface area (Å²) in [6, 6.07) is 5.18. The lowest BCUT2D eigenvalue weighted by Gasteiger charge is -2.44. The highest BCUT2D eigenvalue weighted by Gasteiger charge is 2.40. The van der Waals surface area contributed by atoms with Crippen LogP contribution in [0.3, 0.4) is 0 Å². The van der Waals surface area contributed by atoms with Crippen LogP contribution in [0.1, 0.15) is 38.3 Å². The number of aromatic nitrogens is 1. The van der Waals surface area contributed by atoms with Crippen molar-refractivity contribution < 1.29 is 23.1 Å². The van der Waals surface area contributed by atoms with Crippen LogP contribution >= 0.6 is 11.6 Å². The van der Waals surface area contributed by atoms with Gasteiger partial charge in [0.1, 0.15) is 5.69 Å². The molecular weight excluding hydrogens is 433 g/mol. The van der Waals surface area contributed by atoms with Crippen LogP contribution in [-0.4, -0.2) is 51.8 Å². The van der Waals surface area contributed by atoms with Gasteiger partial charge in [-0.25, -0.2) is 9.78 Å². The first-order valence-electron chi connectivity index (χ1n) is 10.2. The molecule has 1 aromatic carbocycles. The number of carbonyl (C=O) groups excluding carboxylic acids is 1. The molecule has 1 saturated carbocycles. The number of carbonyl (C=O) groups is 1. The van der Waals surface area contributed by atoms with Gasteiger partial charge in [0.05, 0.1) is 24.2 Å². The van der Waals surface area contributed by atoms with E-state index >= 15 is 0 Å². The van der Waals surface area contributed by atoms with Gasteiger partial charge < -0.3 is 20.6 Å². The van der Waals surface area contributed by atoms with Crippen LogP contribution in [0.5, 0.6) is 0 Å². The average molecular weight is 457 g/mol. The van der Waals surface area contributed by atoms with Gasteiger partial charge in [-0.15, -0.1) is 0 Å². The number of rotatable bonds is 3. The topological polar surface area (TPSA) is 77.5 Å². The third-order valence-corrected chi connectivity index (χ3v) is 6.01. The van der Waals surface area contributed by atoms with Crippen LogP contribution in [0.25, 0.3) is 10.9 Å². The predicted octanol–water partition coefficient (Wildman–Crippen LogP) is 4.41. The second kappa shape index (κ2) is 8.02. The molecule has 0 unspecified atom stereocenters. The van der Waals surface area contributed by atoms with Crippen molar-refractivity contribution in [2.75, 3.05) is 18.4 Å². The molecule has 168 valence electrons. The number of benzene rings is 1. The molecule has 1 aromatic heterocycles. The van der Waals surface area contributed by atoms with Crippen molar-refractivity contribution in [1.29, 1.82) is 0 Å². The van der Waals surface area contributed by atoms with E-state index in [0.29, 0.717) is 22.5 Å². The highest BCUT2D eigenvalue weighted by Crippen LogP contribution is 2.35. The van der Waals surface area contributed by atoms with E-state index < -0.39 is 17.5 Å². The largest absolute Gasteiger partial charge is 0.433 e. The van der Waals surface area contributed by atoms with Crippen LogP contribution < -0.4 is 10.6 Å². The number of urea groups is 1. The molecule has 1 aliphatic carbocycles. The molecule has 3 N–H and O–H groups in total. The summed E-state index contributed by atoms with van der Waals surface area (Å²) in [5.41, 5.74) is -1.26. The Morgan fingerprint density at radius 2 is 1.97 bits per heavy atom. The molecule has 0 radical (unpaired) electrons.